The molecule has 4 heterocycles. The van der Waals surface area contributed by atoms with Gasteiger partial charge in [-0.2, -0.15) is 0 Å². The first-order valence-corrected chi connectivity index (χ1v) is 9.71. The van der Waals surface area contributed by atoms with Gasteiger partial charge in [0.2, 0.25) is 11.8 Å². The maximum atomic E-state index is 12.4. The Morgan fingerprint density at radius 1 is 1.26 bits per heavy atom. The minimum Gasteiger partial charge on any atom is -0.481 e. The van der Waals surface area contributed by atoms with Crippen LogP contribution < -0.4 is 4.74 Å². The lowest BCUT2D eigenvalue weighted by molar-refractivity contribution is -0.129. The van der Waals surface area contributed by atoms with E-state index in [-0.39, 0.29) is 11.9 Å². The summed E-state index contributed by atoms with van der Waals surface area (Å²) < 4.78 is 7.59. The maximum Gasteiger partial charge on any atom is 0.228 e. The molecular formula is C20H27N5O2. The molecule has 27 heavy (non-hydrogen) atoms. The largest absolute Gasteiger partial charge is 0.481 e. The van der Waals surface area contributed by atoms with Crippen LogP contribution in [0.15, 0.2) is 24.5 Å². The third kappa shape index (κ3) is 3.69. The average Bonchev–Trinajstić information content (AvgIpc) is 3.34. The van der Waals surface area contributed by atoms with Gasteiger partial charge < -0.3 is 14.2 Å². The lowest BCUT2D eigenvalue weighted by atomic mass is 10.1. The number of likely N-dealkylation sites (tertiary alicyclic amines) is 1. The van der Waals surface area contributed by atoms with Gasteiger partial charge in [0.05, 0.1) is 25.3 Å². The van der Waals surface area contributed by atoms with E-state index in [0.29, 0.717) is 12.3 Å². The maximum absolute atomic E-state index is 12.4. The van der Waals surface area contributed by atoms with Gasteiger partial charge >= 0.3 is 0 Å². The Labute approximate surface area is 160 Å². The molecule has 0 aliphatic carbocycles. The lowest BCUT2D eigenvalue weighted by Gasteiger charge is -2.33. The predicted molar refractivity (Wildman–Crippen MR) is 101 cm³/mol. The number of ether oxygens (including phenoxy) is 1. The monoisotopic (exact) mass is 369 g/mol. The van der Waals surface area contributed by atoms with Crippen molar-refractivity contribution in [3.8, 4) is 5.88 Å². The Morgan fingerprint density at radius 2 is 2.07 bits per heavy atom. The molecule has 1 unspecified atom stereocenters. The molecule has 1 atom stereocenters. The second kappa shape index (κ2) is 7.68. The lowest BCUT2D eigenvalue weighted by Crippen LogP contribution is -2.36. The number of imidazole rings is 1. The quantitative estimate of drug-likeness (QED) is 0.807. The first-order valence-electron chi connectivity index (χ1n) is 9.71. The number of nitrogens with zero attached hydrogens (tertiary/aromatic N) is 5. The fraction of sp³-hybridized carbons (Fsp3) is 0.550. The molecule has 2 aromatic heterocycles. The van der Waals surface area contributed by atoms with E-state index in [2.05, 4.69) is 33.6 Å². The van der Waals surface area contributed by atoms with Crippen LogP contribution in [0.5, 0.6) is 5.88 Å². The van der Waals surface area contributed by atoms with Gasteiger partial charge in [0.25, 0.3) is 0 Å². The summed E-state index contributed by atoms with van der Waals surface area (Å²) in [6, 6.07) is 4.18. The number of rotatable bonds is 5. The minimum absolute atomic E-state index is 0.180. The second-order valence-electron chi connectivity index (χ2n) is 7.37. The number of fused-ring (bicyclic) bond motifs is 1. The molecule has 7 heteroatoms. The molecule has 0 aromatic carbocycles. The summed E-state index contributed by atoms with van der Waals surface area (Å²) in [6.45, 7) is 6.54. The van der Waals surface area contributed by atoms with Gasteiger partial charge in [0, 0.05) is 50.7 Å². The number of carbonyl (C=O) groups is 1. The summed E-state index contributed by atoms with van der Waals surface area (Å²) >= 11 is 0. The van der Waals surface area contributed by atoms with E-state index >= 15 is 0 Å². The smallest absolute Gasteiger partial charge is 0.228 e. The Balaban J connectivity index is 1.46. The van der Waals surface area contributed by atoms with Crippen molar-refractivity contribution >= 4 is 5.91 Å². The molecule has 0 radical (unpaired) electrons. The Kier molecular flexibility index (Phi) is 5.11. The normalized spacial score (nSPS) is 19.9. The third-order valence-electron chi connectivity index (χ3n) is 5.61. The fourth-order valence-electron chi connectivity index (χ4n) is 4.07. The highest BCUT2D eigenvalue weighted by molar-refractivity contribution is 5.78. The Bertz CT molecular complexity index is 812. The zero-order chi connectivity index (χ0) is 18.8. The van der Waals surface area contributed by atoms with Crippen molar-refractivity contribution in [1.82, 2.24) is 24.3 Å². The number of amides is 1. The van der Waals surface area contributed by atoms with Crippen molar-refractivity contribution in [2.24, 2.45) is 0 Å². The average molecular weight is 369 g/mol. The van der Waals surface area contributed by atoms with Gasteiger partial charge in [-0.3, -0.25) is 9.69 Å². The molecule has 0 spiro atoms. The van der Waals surface area contributed by atoms with Crippen LogP contribution in [0.3, 0.4) is 0 Å². The predicted octanol–water partition coefficient (Wildman–Crippen LogP) is 2.03. The van der Waals surface area contributed by atoms with Crippen LogP contribution >= 0.6 is 0 Å². The van der Waals surface area contributed by atoms with Crippen molar-refractivity contribution in [3.05, 3.63) is 41.6 Å². The molecule has 2 aliphatic heterocycles. The van der Waals surface area contributed by atoms with Gasteiger partial charge in [-0.05, 0) is 25.8 Å². The molecule has 4 rings (SSSR count). The third-order valence-corrected chi connectivity index (χ3v) is 5.61. The van der Waals surface area contributed by atoms with Gasteiger partial charge in [-0.1, -0.05) is 6.07 Å². The van der Waals surface area contributed by atoms with Crippen molar-refractivity contribution < 1.29 is 9.53 Å². The van der Waals surface area contributed by atoms with Crippen molar-refractivity contribution in [2.45, 2.75) is 45.3 Å². The highest BCUT2D eigenvalue weighted by Gasteiger charge is 2.28. The van der Waals surface area contributed by atoms with Gasteiger partial charge in [-0.15, -0.1) is 0 Å². The summed E-state index contributed by atoms with van der Waals surface area (Å²) in [5, 5.41) is 0. The number of hydrogen-bond acceptors (Lipinski definition) is 5. The van der Waals surface area contributed by atoms with Crippen LogP contribution in [0.25, 0.3) is 0 Å². The van der Waals surface area contributed by atoms with Gasteiger partial charge in [0.15, 0.2) is 0 Å². The standard InChI is InChI=1S/C20H27N5O2/c1-15-19-22-17(12-18(26)23-8-3-4-9-23)14-25(19)11-10-24(15)13-16-6-5-7-21-20(16)27-2/h5-7,14-15H,3-4,8-13H2,1-2H3. The van der Waals surface area contributed by atoms with E-state index in [1.807, 2.05) is 11.0 Å². The zero-order valence-electron chi connectivity index (χ0n) is 16.1. The molecule has 144 valence electrons. The van der Waals surface area contributed by atoms with Crippen LogP contribution in [0.1, 0.15) is 42.9 Å². The number of hydrogen-bond donors (Lipinski definition) is 0. The Morgan fingerprint density at radius 3 is 2.85 bits per heavy atom. The topological polar surface area (TPSA) is 63.5 Å². The van der Waals surface area contributed by atoms with Crippen LogP contribution in [0.2, 0.25) is 0 Å². The van der Waals surface area contributed by atoms with Crippen molar-refractivity contribution in [2.75, 3.05) is 26.7 Å². The van der Waals surface area contributed by atoms with E-state index in [9.17, 15) is 4.79 Å². The second-order valence-corrected chi connectivity index (χ2v) is 7.37. The minimum atomic E-state index is 0.180. The number of methoxy groups -OCH3 is 1. The molecule has 2 aliphatic rings. The molecular weight excluding hydrogens is 342 g/mol. The number of carbonyl (C=O) groups excluding carboxylic acids is 1. The highest BCUT2D eigenvalue weighted by atomic mass is 16.5. The summed E-state index contributed by atoms with van der Waals surface area (Å²) in [4.78, 5) is 25.9. The van der Waals surface area contributed by atoms with Gasteiger partial charge in [0.1, 0.15) is 5.82 Å². The van der Waals surface area contributed by atoms with E-state index < -0.39 is 0 Å². The van der Waals surface area contributed by atoms with Gasteiger partial charge in [-0.25, -0.2) is 9.97 Å². The highest BCUT2D eigenvalue weighted by Crippen LogP contribution is 2.28. The van der Waals surface area contributed by atoms with Crippen LogP contribution in [0.4, 0.5) is 0 Å². The molecule has 2 aromatic rings. The molecule has 1 fully saturated rings. The number of pyridine rings is 1. The van der Waals surface area contributed by atoms with Crippen molar-refractivity contribution in [3.63, 3.8) is 0 Å². The van der Waals surface area contributed by atoms with Crippen molar-refractivity contribution in [1.29, 1.82) is 0 Å². The first-order chi connectivity index (χ1) is 13.2. The molecule has 1 saturated heterocycles. The molecule has 7 nitrogen and oxygen atoms in total. The molecule has 1 amide bonds. The SMILES string of the molecule is COc1ncccc1CN1CCn2cc(CC(=O)N3CCCC3)nc2C1C. The molecule has 0 saturated carbocycles. The van der Waals surface area contributed by atoms with E-state index in [4.69, 9.17) is 9.72 Å². The Hall–Kier alpha value is -2.41. The molecule has 0 N–H and O–H groups in total. The number of aromatic nitrogens is 3. The summed E-state index contributed by atoms with van der Waals surface area (Å²) in [6.07, 6.45) is 6.45. The van der Waals surface area contributed by atoms with Crippen LogP contribution in [-0.2, 0) is 24.3 Å². The van der Waals surface area contributed by atoms with E-state index in [1.54, 1.807) is 13.3 Å². The summed E-state index contributed by atoms with van der Waals surface area (Å²) in [5.74, 6) is 1.91. The van der Waals surface area contributed by atoms with Crippen LogP contribution in [0, 0.1) is 0 Å². The fourth-order valence-corrected chi connectivity index (χ4v) is 4.07. The summed E-state index contributed by atoms with van der Waals surface area (Å²) in [7, 11) is 1.65. The zero-order valence-corrected chi connectivity index (χ0v) is 16.1. The van der Waals surface area contributed by atoms with Crippen LogP contribution in [-0.4, -0.2) is 57.0 Å². The van der Waals surface area contributed by atoms with E-state index in [1.165, 1.54) is 0 Å². The summed E-state index contributed by atoms with van der Waals surface area (Å²) in [5.41, 5.74) is 1.96. The molecule has 0 bridgehead atoms. The van der Waals surface area contributed by atoms with E-state index in [0.717, 1.165) is 62.6 Å². The first kappa shape index (κ1) is 18.0.